The van der Waals surface area contributed by atoms with Crippen molar-refractivity contribution in [2.45, 2.75) is 38.9 Å². The highest BCUT2D eigenvalue weighted by atomic mass is 32.1. The summed E-state index contributed by atoms with van der Waals surface area (Å²) in [6, 6.07) is 18.0. The van der Waals surface area contributed by atoms with Crippen LogP contribution in [0.1, 0.15) is 25.8 Å². The highest BCUT2D eigenvalue weighted by Gasteiger charge is 2.24. The Balaban J connectivity index is 1.40. The fourth-order valence-corrected chi connectivity index (χ4v) is 4.61. The Labute approximate surface area is 181 Å². The summed E-state index contributed by atoms with van der Waals surface area (Å²) in [5.74, 6) is 0.0197. The van der Waals surface area contributed by atoms with Gasteiger partial charge >= 0.3 is 0 Å². The number of hydrogen-bond donors (Lipinski definition) is 1. The average molecular weight is 422 g/mol. The van der Waals surface area contributed by atoms with Crippen LogP contribution in [0.15, 0.2) is 60.0 Å². The van der Waals surface area contributed by atoms with Crippen molar-refractivity contribution in [2.75, 3.05) is 23.3 Å². The van der Waals surface area contributed by atoms with Gasteiger partial charge in [-0.05, 0) is 38.0 Å². The molecule has 5 nitrogen and oxygen atoms in total. The molecule has 6 heteroatoms. The lowest BCUT2D eigenvalue weighted by molar-refractivity contribution is -0.116. The van der Waals surface area contributed by atoms with Crippen LogP contribution in [-0.2, 0) is 16.0 Å². The van der Waals surface area contributed by atoms with Crippen molar-refractivity contribution < 1.29 is 9.53 Å². The largest absolute Gasteiger partial charge is 0.372 e. The standard InChI is InChI=1S/C24H27N3O2S/c1-17-14-27(15-18(2)29-17)24-26-22(16-30-24)20-9-6-10-21(13-20)25-23(28)12-11-19-7-4-3-5-8-19/h3-10,13,16-18H,11-12,14-15H2,1-2H3,(H,25,28). The van der Waals surface area contributed by atoms with Gasteiger partial charge in [-0.25, -0.2) is 4.98 Å². The number of rotatable bonds is 6. The number of aryl methyl sites for hydroxylation is 1. The van der Waals surface area contributed by atoms with Crippen LogP contribution >= 0.6 is 11.3 Å². The van der Waals surface area contributed by atoms with Gasteiger partial charge in [0, 0.05) is 36.1 Å². The van der Waals surface area contributed by atoms with Crippen LogP contribution in [0, 0.1) is 0 Å². The van der Waals surface area contributed by atoms with E-state index in [1.54, 1.807) is 11.3 Å². The van der Waals surface area contributed by atoms with Gasteiger partial charge < -0.3 is 15.0 Å². The number of carbonyl (C=O) groups is 1. The van der Waals surface area contributed by atoms with Gasteiger partial charge in [0.1, 0.15) is 0 Å². The summed E-state index contributed by atoms with van der Waals surface area (Å²) in [7, 11) is 0. The van der Waals surface area contributed by atoms with Crippen molar-refractivity contribution in [2.24, 2.45) is 0 Å². The topological polar surface area (TPSA) is 54.5 Å². The zero-order chi connectivity index (χ0) is 20.9. The number of thiazole rings is 1. The Morgan fingerprint density at radius 3 is 2.67 bits per heavy atom. The molecule has 0 aliphatic carbocycles. The van der Waals surface area contributed by atoms with Gasteiger partial charge in [0.25, 0.3) is 0 Å². The Kier molecular flexibility index (Phi) is 6.45. The molecule has 2 atom stereocenters. The highest BCUT2D eigenvalue weighted by Crippen LogP contribution is 2.30. The molecule has 1 aromatic heterocycles. The third-order valence-electron chi connectivity index (χ3n) is 5.11. The van der Waals surface area contributed by atoms with Crippen molar-refractivity contribution in [1.82, 2.24) is 4.98 Å². The van der Waals surface area contributed by atoms with E-state index in [2.05, 4.69) is 29.4 Å². The van der Waals surface area contributed by atoms with E-state index in [1.165, 1.54) is 5.56 Å². The normalized spacial score (nSPS) is 18.9. The van der Waals surface area contributed by atoms with E-state index < -0.39 is 0 Å². The third kappa shape index (κ3) is 5.26. The Morgan fingerprint density at radius 1 is 1.13 bits per heavy atom. The van der Waals surface area contributed by atoms with Crippen LogP contribution in [0.2, 0.25) is 0 Å². The van der Waals surface area contributed by atoms with Crippen LogP contribution in [0.5, 0.6) is 0 Å². The number of morpholine rings is 1. The van der Waals surface area contributed by atoms with E-state index in [0.717, 1.165) is 41.6 Å². The van der Waals surface area contributed by atoms with Gasteiger partial charge in [-0.1, -0.05) is 42.5 Å². The number of nitrogens with zero attached hydrogens (tertiary/aromatic N) is 2. The predicted molar refractivity (Wildman–Crippen MR) is 123 cm³/mol. The highest BCUT2D eigenvalue weighted by molar-refractivity contribution is 7.14. The average Bonchev–Trinajstić information content (AvgIpc) is 3.23. The van der Waals surface area contributed by atoms with Gasteiger partial charge in [-0.3, -0.25) is 4.79 Å². The fraction of sp³-hybridized carbons (Fsp3) is 0.333. The molecule has 0 saturated carbocycles. The van der Waals surface area contributed by atoms with E-state index in [9.17, 15) is 4.79 Å². The van der Waals surface area contributed by atoms with E-state index in [1.807, 2.05) is 54.6 Å². The molecule has 1 aliphatic heterocycles. The minimum Gasteiger partial charge on any atom is -0.372 e. The fourth-order valence-electron chi connectivity index (χ4n) is 3.76. The molecule has 4 rings (SSSR count). The maximum Gasteiger partial charge on any atom is 0.224 e. The van der Waals surface area contributed by atoms with Crippen LogP contribution in [0.4, 0.5) is 10.8 Å². The lowest BCUT2D eigenvalue weighted by Crippen LogP contribution is -2.45. The lowest BCUT2D eigenvalue weighted by Gasteiger charge is -2.35. The lowest BCUT2D eigenvalue weighted by atomic mass is 10.1. The van der Waals surface area contributed by atoms with Crippen LogP contribution in [0.25, 0.3) is 11.3 Å². The summed E-state index contributed by atoms with van der Waals surface area (Å²) in [4.78, 5) is 19.5. The molecule has 2 unspecified atom stereocenters. The molecule has 1 saturated heterocycles. The molecule has 1 N–H and O–H groups in total. The molecule has 0 radical (unpaired) electrons. The summed E-state index contributed by atoms with van der Waals surface area (Å²) in [5, 5.41) is 6.11. The van der Waals surface area contributed by atoms with E-state index >= 15 is 0 Å². The minimum absolute atomic E-state index is 0.0197. The number of benzene rings is 2. The number of aromatic nitrogens is 1. The Hall–Kier alpha value is -2.70. The van der Waals surface area contributed by atoms with Crippen molar-refractivity contribution in [3.63, 3.8) is 0 Å². The van der Waals surface area contributed by atoms with Crippen LogP contribution in [0.3, 0.4) is 0 Å². The monoisotopic (exact) mass is 421 g/mol. The molecule has 1 aliphatic rings. The number of carbonyl (C=O) groups excluding carboxylic acids is 1. The molecule has 2 aromatic carbocycles. The molecular formula is C24H27N3O2S. The first-order valence-electron chi connectivity index (χ1n) is 10.4. The van der Waals surface area contributed by atoms with Gasteiger partial charge in [-0.15, -0.1) is 11.3 Å². The first kappa shape index (κ1) is 20.6. The summed E-state index contributed by atoms with van der Waals surface area (Å²) in [5.41, 5.74) is 3.91. The van der Waals surface area contributed by atoms with E-state index in [0.29, 0.717) is 6.42 Å². The number of amides is 1. The van der Waals surface area contributed by atoms with Crippen molar-refractivity contribution in [3.05, 3.63) is 65.5 Å². The molecular weight excluding hydrogens is 394 g/mol. The van der Waals surface area contributed by atoms with E-state index in [4.69, 9.17) is 9.72 Å². The zero-order valence-electron chi connectivity index (χ0n) is 17.4. The van der Waals surface area contributed by atoms with Gasteiger partial charge in [-0.2, -0.15) is 0 Å². The molecule has 2 heterocycles. The number of anilines is 2. The summed E-state index contributed by atoms with van der Waals surface area (Å²) >= 11 is 1.65. The molecule has 30 heavy (non-hydrogen) atoms. The van der Waals surface area contributed by atoms with Gasteiger partial charge in [0.2, 0.25) is 5.91 Å². The van der Waals surface area contributed by atoms with Gasteiger partial charge in [0.15, 0.2) is 5.13 Å². The first-order valence-corrected chi connectivity index (χ1v) is 11.2. The minimum atomic E-state index is 0.0197. The second-order valence-corrected chi connectivity index (χ2v) is 8.63. The quantitative estimate of drug-likeness (QED) is 0.609. The predicted octanol–water partition coefficient (Wildman–Crippen LogP) is 5.00. The van der Waals surface area contributed by atoms with E-state index in [-0.39, 0.29) is 18.1 Å². The Morgan fingerprint density at radius 2 is 1.90 bits per heavy atom. The first-order chi connectivity index (χ1) is 14.6. The molecule has 1 amide bonds. The Bertz CT molecular complexity index is 979. The summed E-state index contributed by atoms with van der Waals surface area (Å²) < 4.78 is 5.83. The maximum absolute atomic E-state index is 12.4. The SMILES string of the molecule is CC1CN(c2nc(-c3cccc(NC(=O)CCc4ccccc4)c3)cs2)CC(C)O1. The number of hydrogen-bond acceptors (Lipinski definition) is 5. The van der Waals surface area contributed by atoms with Crippen molar-refractivity contribution in [1.29, 1.82) is 0 Å². The molecule has 1 fully saturated rings. The number of ether oxygens (including phenoxy) is 1. The molecule has 0 spiro atoms. The maximum atomic E-state index is 12.4. The molecule has 156 valence electrons. The third-order valence-corrected chi connectivity index (χ3v) is 6.01. The molecule has 3 aromatic rings. The summed E-state index contributed by atoms with van der Waals surface area (Å²) in [6.07, 6.45) is 1.60. The van der Waals surface area contributed by atoms with Gasteiger partial charge in [0.05, 0.1) is 17.9 Å². The zero-order valence-corrected chi connectivity index (χ0v) is 18.2. The van der Waals surface area contributed by atoms with Crippen LogP contribution < -0.4 is 10.2 Å². The van der Waals surface area contributed by atoms with Crippen LogP contribution in [-0.4, -0.2) is 36.2 Å². The second kappa shape index (κ2) is 9.41. The summed E-state index contributed by atoms with van der Waals surface area (Å²) in [6.45, 7) is 5.91. The number of nitrogens with one attached hydrogen (secondary N) is 1. The van der Waals surface area contributed by atoms with Crippen molar-refractivity contribution in [3.8, 4) is 11.3 Å². The van der Waals surface area contributed by atoms with Crippen molar-refractivity contribution >= 4 is 28.1 Å². The smallest absolute Gasteiger partial charge is 0.224 e. The molecule has 0 bridgehead atoms. The second-order valence-electron chi connectivity index (χ2n) is 7.79.